The van der Waals surface area contributed by atoms with Crippen molar-refractivity contribution in [2.45, 2.75) is 38.3 Å². The summed E-state index contributed by atoms with van der Waals surface area (Å²) in [5.41, 5.74) is 0.974. The fourth-order valence-corrected chi connectivity index (χ4v) is 2.81. The van der Waals surface area contributed by atoms with E-state index in [1.54, 1.807) is 0 Å². The zero-order valence-electron chi connectivity index (χ0n) is 13.2. The van der Waals surface area contributed by atoms with Gasteiger partial charge >= 0.3 is 0 Å². The molecule has 1 fully saturated rings. The van der Waals surface area contributed by atoms with E-state index in [1.807, 2.05) is 13.0 Å². The lowest BCUT2D eigenvalue weighted by molar-refractivity contribution is -0.126. The Bertz CT molecular complexity index is 441. The van der Waals surface area contributed by atoms with Gasteiger partial charge < -0.3 is 15.5 Å². The maximum absolute atomic E-state index is 12.1. The van der Waals surface area contributed by atoms with Gasteiger partial charge in [-0.25, -0.2) is 0 Å². The molecule has 1 unspecified atom stereocenters. The van der Waals surface area contributed by atoms with Crippen molar-refractivity contribution in [3.05, 3.63) is 35.9 Å². The predicted octanol–water partition coefficient (Wildman–Crippen LogP) is 1.77. The van der Waals surface area contributed by atoms with Gasteiger partial charge in [0.25, 0.3) is 0 Å². The van der Waals surface area contributed by atoms with Crippen molar-refractivity contribution in [1.82, 2.24) is 15.5 Å². The number of rotatable bonds is 7. The molecule has 4 heteroatoms. The molecule has 1 aliphatic heterocycles. The quantitative estimate of drug-likeness (QED) is 0.752. The Morgan fingerprint density at radius 3 is 2.81 bits per heavy atom. The molecule has 21 heavy (non-hydrogen) atoms. The number of amides is 1. The molecule has 116 valence electrons. The number of hydrogen-bond donors (Lipinski definition) is 2. The molecule has 1 aliphatic rings. The topological polar surface area (TPSA) is 44.4 Å². The molecule has 2 N–H and O–H groups in total. The van der Waals surface area contributed by atoms with E-state index in [1.165, 1.54) is 5.56 Å². The van der Waals surface area contributed by atoms with Crippen LogP contribution >= 0.6 is 0 Å². The van der Waals surface area contributed by atoms with Gasteiger partial charge in [0.1, 0.15) is 0 Å². The number of nitrogens with zero attached hydrogens (tertiary/aromatic N) is 1. The van der Waals surface area contributed by atoms with Crippen molar-refractivity contribution in [2.24, 2.45) is 0 Å². The largest absolute Gasteiger partial charge is 0.354 e. The van der Waals surface area contributed by atoms with Gasteiger partial charge in [-0.15, -0.1) is 0 Å². The van der Waals surface area contributed by atoms with Crippen LogP contribution in [0.1, 0.15) is 31.7 Å². The highest BCUT2D eigenvalue weighted by Gasteiger charge is 2.35. The molecule has 2 rings (SSSR count). The van der Waals surface area contributed by atoms with Gasteiger partial charge in [-0.2, -0.15) is 0 Å². The van der Waals surface area contributed by atoms with E-state index in [-0.39, 0.29) is 11.4 Å². The number of nitrogens with one attached hydrogen (secondary N) is 2. The van der Waals surface area contributed by atoms with E-state index < -0.39 is 0 Å². The van der Waals surface area contributed by atoms with Gasteiger partial charge in [-0.05, 0) is 51.9 Å². The first-order valence-corrected chi connectivity index (χ1v) is 7.86. The van der Waals surface area contributed by atoms with Gasteiger partial charge in [-0.3, -0.25) is 4.79 Å². The highest BCUT2D eigenvalue weighted by atomic mass is 16.2. The third-order valence-corrected chi connectivity index (χ3v) is 4.17. The molecule has 0 aliphatic carbocycles. The number of hydrogen-bond acceptors (Lipinski definition) is 3. The monoisotopic (exact) mass is 289 g/mol. The summed E-state index contributed by atoms with van der Waals surface area (Å²) >= 11 is 0. The lowest BCUT2D eigenvalue weighted by Crippen LogP contribution is -2.51. The molecule has 0 aromatic heterocycles. The molecule has 0 radical (unpaired) electrons. The van der Waals surface area contributed by atoms with Crippen molar-refractivity contribution in [2.75, 3.05) is 26.7 Å². The number of carbonyl (C=O) groups excluding carboxylic acids is 1. The van der Waals surface area contributed by atoms with Crippen molar-refractivity contribution in [1.29, 1.82) is 0 Å². The normalized spacial score (nSPS) is 21.7. The average Bonchev–Trinajstić information content (AvgIpc) is 2.92. The van der Waals surface area contributed by atoms with Gasteiger partial charge in [0.2, 0.25) is 5.91 Å². The Morgan fingerprint density at radius 2 is 2.14 bits per heavy atom. The van der Waals surface area contributed by atoms with Crippen LogP contribution < -0.4 is 10.6 Å². The third kappa shape index (κ3) is 4.83. The van der Waals surface area contributed by atoms with Crippen LogP contribution in [0.3, 0.4) is 0 Å². The molecular weight excluding hydrogens is 262 g/mol. The molecule has 1 aromatic carbocycles. The van der Waals surface area contributed by atoms with Crippen molar-refractivity contribution in [3.63, 3.8) is 0 Å². The zero-order valence-corrected chi connectivity index (χ0v) is 13.2. The summed E-state index contributed by atoms with van der Waals surface area (Å²) < 4.78 is 0. The summed E-state index contributed by atoms with van der Waals surface area (Å²) in [6.45, 7) is 5.63. The molecule has 0 spiro atoms. The van der Waals surface area contributed by atoms with E-state index in [0.29, 0.717) is 0 Å². The van der Waals surface area contributed by atoms with Crippen LogP contribution in [0.5, 0.6) is 0 Å². The Morgan fingerprint density at radius 1 is 1.38 bits per heavy atom. The minimum absolute atomic E-state index is 0.144. The van der Waals surface area contributed by atoms with Gasteiger partial charge in [0.15, 0.2) is 0 Å². The summed E-state index contributed by atoms with van der Waals surface area (Å²) in [6, 6.07) is 10.5. The van der Waals surface area contributed by atoms with E-state index in [0.717, 1.165) is 45.4 Å². The summed E-state index contributed by atoms with van der Waals surface area (Å²) in [5, 5.41) is 6.35. The molecular formula is C17H27N3O. The van der Waals surface area contributed by atoms with Crippen molar-refractivity contribution in [3.8, 4) is 0 Å². The van der Waals surface area contributed by atoms with Crippen molar-refractivity contribution >= 4 is 5.91 Å². The van der Waals surface area contributed by atoms with Crippen LogP contribution in [0.2, 0.25) is 0 Å². The summed E-state index contributed by atoms with van der Waals surface area (Å²) in [7, 11) is 2.12. The van der Waals surface area contributed by atoms with E-state index >= 15 is 0 Å². The number of carbonyl (C=O) groups is 1. The molecule has 1 atom stereocenters. The van der Waals surface area contributed by atoms with Gasteiger partial charge in [-0.1, -0.05) is 30.3 Å². The Labute approximate surface area is 127 Å². The minimum Gasteiger partial charge on any atom is -0.354 e. The van der Waals surface area contributed by atoms with Crippen LogP contribution in [0.25, 0.3) is 0 Å². The Balaban J connectivity index is 1.62. The summed E-state index contributed by atoms with van der Waals surface area (Å²) in [6.07, 6.45) is 3.00. The van der Waals surface area contributed by atoms with Gasteiger partial charge in [0, 0.05) is 13.1 Å². The van der Waals surface area contributed by atoms with Crippen LogP contribution in [-0.2, 0) is 11.3 Å². The molecule has 1 aromatic rings. The first-order valence-electron chi connectivity index (χ1n) is 7.86. The van der Waals surface area contributed by atoms with Crippen LogP contribution in [-0.4, -0.2) is 43.0 Å². The molecule has 1 saturated heterocycles. The second-order valence-electron chi connectivity index (χ2n) is 6.20. The highest BCUT2D eigenvalue weighted by Crippen LogP contribution is 2.18. The van der Waals surface area contributed by atoms with E-state index in [2.05, 4.69) is 46.8 Å². The predicted molar refractivity (Wildman–Crippen MR) is 86.0 cm³/mol. The molecule has 1 amide bonds. The lowest BCUT2D eigenvalue weighted by atomic mass is 9.99. The smallest absolute Gasteiger partial charge is 0.240 e. The van der Waals surface area contributed by atoms with Crippen LogP contribution in [0.15, 0.2) is 30.3 Å². The maximum atomic E-state index is 12.1. The maximum Gasteiger partial charge on any atom is 0.240 e. The molecule has 1 heterocycles. The van der Waals surface area contributed by atoms with Crippen LogP contribution in [0, 0.1) is 0 Å². The lowest BCUT2D eigenvalue weighted by Gasteiger charge is -2.23. The molecule has 0 saturated carbocycles. The van der Waals surface area contributed by atoms with Crippen molar-refractivity contribution < 1.29 is 4.79 Å². The first kappa shape index (κ1) is 16.0. The standard InChI is InChI=1S/C17H27N3O/c1-17(10-6-12-19-17)16(21)18-11-7-13-20(2)14-15-8-4-3-5-9-15/h3-5,8-9,19H,6-7,10-14H2,1-2H3,(H,18,21). The second-order valence-corrected chi connectivity index (χ2v) is 6.20. The Kier molecular flexibility index (Phi) is 5.76. The summed E-state index contributed by atoms with van der Waals surface area (Å²) in [5.74, 6) is 0.144. The van der Waals surface area contributed by atoms with Gasteiger partial charge in [0.05, 0.1) is 5.54 Å². The number of benzene rings is 1. The average molecular weight is 289 g/mol. The van der Waals surface area contributed by atoms with Crippen LogP contribution in [0.4, 0.5) is 0 Å². The molecule has 0 bridgehead atoms. The highest BCUT2D eigenvalue weighted by molar-refractivity contribution is 5.86. The van der Waals surface area contributed by atoms with E-state index in [9.17, 15) is 4.79 Å². The third-order valence-electron chi connectivity index (χ3n) is 4.17. The summed E-state index contributed by atoms with van der Waals surface area (Å²) in [4.78, 5) is 14.4. The fraction of sp³-hybridized carbons (Fsp3) is 0.588. The zero-order chi connectivity index (χ0) is 15.1. The molecule has 4 nitrogen and oxygen atoms in total. The Hall–Kier alpha value is -1.39. The SMILES string of the molecule is CN(CCCNC(=O)C1(C)CCCN1)Cc1ccccc1. The fourth-order valence-electron chi connectivity index (χ4n) is 2.81. The first-order chi connectivity index (χ1) is 10.1. The second kappa shape index (κ2) is 7.57. The minimum atomic E-state index is -0.351. The van der Waals surface area contributed by atoms with E-state index in [4.69, 9.17) is 0 Å².